The Morgan fingerprint density at radius 3 is 2.54 bits per heavy atom. The Morgan fingerprint density at radius 2 is 1.86 bits per heavy atom. The summed E-state index contributed by atoms with van der Waals surface area (Å²) in [5.41, 5.74) is 1.41. The number of rotatable bonds is 8. The molecular formula is C21H24ClFN2O3. The highest BCUT2D eigenvalue weighted by Crippen LogP contribution is 2.28. The molecule has 0 radical (unpaired) electrons. The Morgan fingerprint density at radius 1 is 1.11 bits per heavy atom. The summed E-state index contributed by atoms with van der Waals surface area (Å²) < 4.78 is 23.9. The zero-order chi connectivity index (χ0) is 20.1. The molecule has 1 fully saturated rings. The molecule has 0 unspecified atom stereocenters. The lowest BCUT2D eigenvalue weighted by Gasteiger charge is -2.36. The molecule has 0 aromatic heterocycles. The highest BCUT2D eigenvalue weighted by molar-refractivity contribution is 6.31. The second kappa shape index (κ2) is 9.26. The van der Waals surface area contributed by atoms with Gasteiger partial charge in [0, 0.05) is 22.7 Å². The molecule has 0 saturated heterocycles. The van der Waals surface area contributed by atoms with E-state index >= 15 is 0 Å². The van der Waals surface area contributed by atoms with Crippen LogP contribution in [-0.2, 0) is 6.42 Å². The van der Waals surface area contributed by atoms with Crippen LogP contribution in [0.4, 0.5) is 4.39 Å². The molecule has 1 amide bonds. The molecule has 0 aliphatic heterocycles. The molecule has 0 bridgehead atoms. The third kappa shape index (κ3) is 5.14. The lowest BCUT2D eigenvalue weighted by Crippen LogP contribution is -2.52. The number of hydrogen-bond acceptors (Lipinski definition) is 4. The van der Waals surface area contributed by atoms with Gasteiger partial charge in [-0.3, -0.25) is 4.79 Å². The van der Waals surface area contributed by atoms with Crippen LogP contribution in [-0.4, -0.2) is 38.8 Å². The van der Waals surface area contributed by atoms with Gasteiger partial charge in [0.05, 0.1) is 14.2 Å². The maximum atomic E-state index is 13.4. The molecule has 2 N–H and O–H groups in total. The monoisotopic (exact) mass is 406 g/mol. The zero-order valence-corrected chi connectivity index (χ0v) is 16.7. The number of halogens is 2. The van der Waals surface area contributed by atoms with Gasteiger partial charge in [-0.2, -0.15) is 0 Å². The van der Waals surface area contributed by atoms with Crippen molar-refractivity contribution in [3.8, 4) is 11.5 Å². The number of nitrogens with one attached hydrogen (secondary N) is 2. The second-order valence-corrected chi connectivity index (χ2v) is 7.33. The topological polar surface area (TPSA) is 59.6 Å². The van der Waals surface area contributed by atoms with Gasteiger partial charge in [-0.1, -0.05) is 17.7 Å². The summed E-state index contributed by atoms with van der Waals surface area (Å²) >= 11 is 5.80. The summed E-state index contributed by atoms with van der Waals surface area (Å²) in [6.45, 7) is 0.834. The highest BCUT2D eigenvalue weighted by Gasteiger charge is 2.30. The predicted molar refractivity (Wildman–Crippen MR) is 107 cm³/mol. The Hall–Kier alpha value is -2.31. The fourth-order valence-corrected chi connectivity index (χ4v) is 3.53. The van der Waals surface area contributed by atoms with Crippen LogP contribution in [0.2, 0.25) is 5.02 Å². The predicted octanol–water partition coefficient (Wildman–Crippen LogP) is 3.59. The molecular weight excluding hydrogens is 383 g/mol. The van der Waals surface area contributed by atoms with Crippen molar-refractivity contribution in [1.29, 1.82) is 0 Å². The van der Waals surface area contributed by atoms with E-state index in [0.717, 1.165) is 42.9 Å². The lowest BCUT2D eigenvalue weighted by molar-refractivity contribution is 0.0902. The van der Waals surface area contributed by atoms with Crippen LogP contribution < -0.4 is 20.1 Å². The van der Waals surface area contributed by atoms with Crippen molar-refractivity contribution >= 4 is 17.5 Å². The molecule has 1 aliphatic carbocycles. The number of ether oxygens (including phenoxy) is 2. The van der Waals surface area contributed by atoms with Crippen molar-refractivity contribution in [2.45, 2.75) is 31.3 Å². The molecule has 0 heterocycles. The van der Waals surface area contributed by atoms with Gasteiger partial charge >= 0.3 is 0 Å². The van der Waals surface area contributed by atoms with Crippen molar-refractivity contribution in [2.24, 2.45) is 0 Å². The van der Waals surface area contributed by atoms with Crippen molar-refractivity contribution < 1.29 is 18.7 Å². The quantitative estimate of drug-likeness (QED) is 0.703. The Labute approximate surface area is 169 Å². The van der Waals surface area contributed by atoms with E-state index in [2.05, 4.69) is 10.6 Å². The number of methoxy groups -OCH3 is 2. The molecule has 2 aromatic carbocycles. The Bertz CT molecular complexity index is 820. The normalized spacial score (nSPS) is 18.3. The fraction of sp³-hybridized carbons (Fsp3) is 0.381. The fourth-order valence-electron chi connectivity index (χ4n) is 3.31. The van der Waals surface area contributed by atoms with Crippen LogP contribution in [0.3, 0.4) is 0 Å². The van der Waals surface area contributed by atoms with Crippen molar-refractivity contribution in [3.05, 3.63) is 58.4 Å². The number of amides is 1. The second-order valence-electron chi connectivity index (χ2n) is 6.89. The molecule has 28 heavy (non-hydrogen) atoms. The number of hydrogen-bond donors (Lipinski definition) is 2. The number of benzene rings is 2. The van der Waals surface area contributed by atoms with Gasteiger partial charge in [0.1, 0.15) is 5.82 Å². The van der Waals surface area contributed by atoms with E-state index in [4.69, 9.17) is 21.1 Å². The van der Waals surface area contributed by atoms with Crippen molar-refractivity contribution in [1.82, 2.24) is 10.6 Å². The molecule has 0 spiro atoms. The highest BCUT2D eigenvalue weighted by atomic mass is 35.5. The first-order valence-electron chi connectivity index (χ1n) is 9.19. The maximum Gasteiger partial charge on any atom is 0.251 e. The van der Waals surface area contributed by atoms with Gasteiger partial charge in [0.25, 0.3) is 5.91 Å². The average molecular weight is 407 g/mol. The summed E-state index contributed by atoms with van der Waals surface area (Å²) in [6, 6.07) is 10.2. The average Bonchev–Trinajstić information content (AvgIpc) is 2.64. The van der Waals surface area contributed by atoms with Gasteiger partial charge < -0.3 is 20.1 Å². The van der Waals surface area contributed by atoms with Crippen LogP contribution in [0.25, 0.3) is 0 Å². The van der Waals surface area contributed by atoms with Crippen LogP contribution in [0, 0.1) is 5.82 Å². The molecule has 3 rings (SSSR count). The van der Waals surface area contributed by atoms with Gasteiger partial charge in [0.2, 0.25) is 0 Å². The maximum absolute atomic E-state index is 13.4. The molecule has 150 valence electrons. The third-order valence-corrected chi connectivity index (χ3v) is 5.11. The van der Waals surface area contributed by atoms with Gasteiger partial charge in [-0.15, -0.1) is 0 Å². The summed E-state index contributed by atoms with van der Waals surface area (Å²) in [5.74, 6) is 0.636. The van der Waals surface area contributed by atoms with E-state index < -0.39 is 5.82 Å². The van der Waals surface area contributed by atoms with Crippen LogP contribution in [0.5, 0.6) is 11.5 Å². The molecule has 0 atom stereocenters. The van der Waals surface area contributed by atoms with E-state index in [1.807, 2.05) is 18.2 Å². The van der Waals surface area contributed by atoms with Crippen LogP contribution in [0.1, 0.15) is 28.8 Å². The summed E-state index contributed by atoms with van der Waals surface area (Å²) in [6.07, 6.45) is 2.57. The molecule has 7 heteroatoms. The minimum absolute atomic E-state index is 0.0909. The van der Waals surface area contributed by atoms with Gasteiger partial charge in [-0.25, -0.2) is 4.39 Å². The third-order valence-electron chi connectivity index (χ3n) is 4.89. The van der Waals surface area contributed by atoms with E-state index in [9.17, 15) is 9.18 Å². The first-order chi connectivity index (χ1) is 13.5. The van der Waals surface area contributed by atoms with Gasteiger partial charge in [-0.05, 0) is 61.7 Å². The van der Waals surface area contributed by atoms with Crippen LogP contribution in [0.15, 0.2) is 36.4 Å². The molecule has 1 saturated carbocycles. The van der Waals surface area contributed by atoms with Crippen molar-refractivity contribution in [2.75, 3.05) is 20.8 Å². The number of carbonyl (C=O) groups is 1. The Kier molecular flexibility index (Phi) is 6.75. The minimum Gasteiger partial charge on any atom is -0.493 e. The number of carbonyl (C=O) groups excluding carboxylic acids is 1. The summed E-state index contributed by atoms with van der Waals surface area (Å²) in [5, 5.41) is 6.62. The van der Waals surface area contributed by atoms with E-state index in [1.165, 1.54) is 18.2 Å². The molecule has 5 nitrogen and oxygen atoms in total. The molecule has 1 aliphatic rings. The largest absolute Gasteiger partial charge is 0.493 e. The van der Waals surface area contributed by atoms with Crippen LogP contribution >= 0.6 is 11.6 Å². The van der Waals surface area contributed by atoms with E-state index in [0.29, 0.717) is 6.04 Å². The summed E-state index contributed by atoms with van der Waals surface area (Å²) in [7, 11) is 3.24. The first-order valence-corrected chi connectivity index (χ1v) is 9.57. The lowest BCUT2D eigenvalue weighted by atomic mass is 9.86. The van der Waals surface area contributed by atoms with E-state index in [-0.39, 0.29) is 22.5 Å². The minimum atomic E-state index is -0.513. The Balaban J connectivity index is 1.40. The summed E-state index contributed by atoms with van der Waals surface area (Å²) in [4.78, 5) is 12.2. The smallest absolute Gasteiger partial charge is 0.251 e. The standard InChI is InChI=1S/C21H24ClFN2O3/c1-27-19-4-3-13(7-20(19)28-2)5-6-24-17-11-18(12-17)25-21(26)14-8-15(22)10-16(23)9-14/h3-4,7-10,17-18,24H,5-6,11-12H2,1-2H3,(H,25,26). The first kappa shape index (κ1) is 20.4. The molecule has 2 aromatic rings. The zero-order valence-electron chi connectivity index (χ0n) is 15.9. The van der Waals surface area contributed by atoms with Gasteiger partial charge in [0.15, 0.2) is 11.5 Å². The van der Waals surface area contributed by atoms with E-state index in [1.54, 1.807) is 14.2 Å². The SMILES string of the molecule is COc1ccc(CCNC2CC(NC(=O)c3cc(F)cc(Cl)c3)C2)cc1OC. The van der Waals surface area contributed by atoms with Crippen molar-refractivity contribution in [3.63, 3.8) is 0 Å².